The molecule has 0 aromatic heterocycles. The summed E-state index contributed by atoms with van der Waals surface area (Å²) in [5.41, 5.74) is 0.927. The molecule has 0 aliphatic rings. The van der Waals surface area contributed by atoms with E-state index in [9.17, 15) is 4.79 Å². The number of nitrogens with zero attached hydrogens (tertiary/aromatic N) is 1. The maximum atomic E-state index is 10.8. The highest BCUT2D eigenvalue weighted by atomic mass is 79.9. The van der Waals surface area contributed by atoms with Crippen LogP contribution in [0, 0.1) is 11.3 Å². The van der Waals surface area contributed by atoms with Gasteiger partial charge in [0.25, 0.3) is 0 Å². The highest BCUT2D eigenvalue weighted by Gasteiger charge is 2.11. The lowest BCUT2D eigenvalue weighted by atomic mass is 10.0. The van der Waals surface area contributed by atoms with E-state index in [1.54, 1.807) is 18.2 Å². The van der Waals surface area contributed by atoms with Crippen molar-refractivity contribution in [3.8, 4) is 6.07 Å². The summed E-state index contributed by atoms with van der Waals surface area (Å²) in [6.07, 6.45) is 0.402. The molecule has 4 heteroatoms. The molecule has 1 aromatic rings. The van der Waals surface area contributed by atoms with Crippen molar-refractivity contribution in [2.75, 3.05) is 0 Å². The Labute approximate surface area is 90.1 Å². The van der Waals surface area contributed by atoms with E-state index in [0.717, 1.165) is 0 Å². The molecule has 0 bridgehead atoms. The fourth-order valence-corrected chi connectivity index (χ4v) is 1.49. The summed E-state index contributed by atoms with van der Waals surface area (Å²) in [7, 11) is 0. The Morgan fingerprint density at radius 3 is 2.79 bits per heavy atom. The number of alkyl halides is 1. The number of carboxylic acids is 1. The van der Waals surface area contributed by atoms with Gasteiger partial charge in [0.15, 0.2) is 0 Å². The zero-order valence-corrected chi connectivity index (χ0v) is 8.86. The second-order valence-corrected chi connectivity index (χ2v) is 3.87. The molecular weight excluding hydrogens is 246 g/mol. The monoisotopic (exact) mass is 253 g/mol. The standard InChI is InChI=1S/C10H8BrNO2/c11-8(6-12)5-7-3-1-2-4-9(7)10(13)14/h1-4,8H,5H2,(H,13,14). The van der Waals surface area contributed by atoms with Crippen LogP contribution in [0.1, 0.15) is 15.9 Å². The molecular formula is C10H8BrNO2. The van der Waals surface area contributed by atoms with E-state index >= 15 is 0 Å². The molecule has 0 spiro atoms. The number of hydrogen-bond acceptors (Lipinski definition) is 2. The number of halogens is 1. The van der Waals surface area contributed by atoms with Gasteiger partial charge in [-0.15, -0.1) is 0 Å². The van der Waals surface area contributed by atoms with E-state index in [1.165, 1.54) is 6.07 Å². The smallest absolute Gasteiger partial charge is 0.335 e. The zero-order chi connectivity index (χ0) is 10.6. The Morgan fingerprint density at radius 1 is 1.57 bits per heavy atom. The quantitative estimate of drug-likeness (QED) is 0.841. The summed E-state index contributed by atoms with van der Waals surface area (Å²) in [6.45, 7) is 0. The first kappa shape index (κ1) is 10.7. The first-order valence-corrected chi connectivity index (χ1v) is 4.91. The fraction of sp³-hybridized carbons (Fsp3) is 0.200. The van der Waals surface area contributed by atoms with Crippen LogP contribution >= 0.6 is 15.9 Å². The Hall–Kier alpha value is -1.34. The minimum Gasteiger partial charge on any atom is -0.478 e. The minimum absolute atomic E-state index is 0.257. The molecule has 1 unspecified atom stereocenters. The number of carboxylic acid groups (broad SMARTS) is 1. The normalized spacial score (nSPS) is 11.7. The van der Waals surface area contributed by atoms with Crippen molar-refractivity contribution in [1.29, 1.82) is 5.26 Å². The third-order valence-electron chi connectivity index (χ3n) is 1.79. The SMILES string of the molecule is N#CC(Br)Cc1ccccc1C(=O)O. The molecule has 1 rings (SSSR count). The van der Waals surface area contributed by atoms with E-state index in [1.807, 2.05) is 6.07 Å². The van der Waals surface area contributed by atoms with Crippen molar-refractivity contribution in [2.24, 2.45) is 0 Å². The van der Waals surface area contributed by atoms with Crippen molar-refractivity contribution >= 4 is 21.9 Å². The van der Waals surface area contributed by atoms with Crippen molar-refractivity contribution in [2.45, 2.75) is 11.2 Å². The molecule has 0 amide bonds. The minimum atomic E-state index is -0.960. The molecule has 0 aliphatic carbocycles. The molecule has 0 saturated carbocycles. The van der Waals surface area contributed by atoms with Crippen LogP contribution in [0.4, 0.5) is 0 Å². The average Bonchev–Trinajstić information content (AvgIpc) is 2.18. The fourth-order valence-electron chi connectivity index (χ4n) is 1.15. The molecule has 0 fully saturated rings. The molecule has 0 radical (unpaired) electrons. The summed E-state index contributed by atoms with van der Waals surface area (Å²) < 4.78 is 0. The predicted molar refractivity (Wildman–Crippen MR) is 55.4 cm³/mol. The second kappa shape index (κ2) is 4.77. The zero-order valence-electron chi connectivity index (χ0n) is 7.27. The van der Waals surface area contributed by atoms with E-state index in [2.05, 4.69) is 15.9 Å². The van der Waals surface area contributed by atoms with Gasteiger partial charge >= 0.3 is 5.97 Å². The topological polar surface area (TPSA) is 61.1 Å². The lowest BCUT2D eigenvalue weighted by Crippen LogP contribution is -2.06. The van der Waals surface area contributed by atoms with Gasteiger partial charge in [-0.05, 0) is 18.1 Å². The summed E-state index contributed by atoms with van der Waals surface area (Å²) in [6, 6.07) is 8.69. The second-order valence-electron chi connectivity index (χ2n) is 2.76. The maximum absolute atomic E-state index is 10.8. The first-order valence-electron chi connectivity index (χ1n) is 4.00. The molecule has 1 atom stereocenters. The molecule has 0 aliphatic heterocycles. The lowest BCUT2D eigenvalue weighted by molar-refractivity contribution is 0.0695. The first-order chi connectivity index (χ1) is 6.65. The third kappa shape index (κ3) is 2.57. The van der Waals surface area contributed by atoms with Crippen LogP contribution in [0.2, 0.25) is 0 Å². The Kier molecular flexibility index (Phi) is 3.66. The van der Waals surface area contributed by atoms with Gasteiger partial charge in [-0.2, -0.15) is 5.26 Å². The van der Waals surface area contributed by atoms with Crippen molar-refractivity contribution in [3.05, 3.63) is 35.4 Å². The number of hydrogen-bond donors (Lipinski definition) is 1. The van der Waals surface area contributed by atoms with Gasteiger partial charge in [-0.3, -0.25) is 0 Å². The Bertz CT molecular complexity index is 384. The van der Waals surface area contributed by atoms with E-state index in [4.69, 9.17) is 10.4 Å². The van der Waals surface area contributed by atoms with Crippen LogP contribution in [0.5, 0.6) is 0 Å². The van der Waals surface area contributed by atoms with E-state index < -0.39 is 5.97 Å². The van der Waals surface area contributed by atoms with Gasteiger partial charge in [0.1, 0.15) is 4.83 Å². The highest BCUT2D eigenvalue weighted by Crippen LogP contribution is 2.14. The molecule has 0 saturated heterocycles. The molecule has 1 aromatic carbocycles. The third-order valence-corrected chi connectivity index (χ3v) is 2.32. The Morgan fingerprint density at radius 2 is 2.21 bits per heavy atom. The van der Waals surface area contributed by atoms with Crippen LogP contribution < -0.4 is 0 Å². The van der Waals surface area contributed by atoms with Gasteiger partial charge < -0.3 is 5.11 Å². The average molecular weight is 254 g/mol. The summed E-state index contributed by atoms with van der Waals surface area (Å²) >= 11 is 3.14. The molecule has 72 valence electrons. The molecule has 1 N–H and O–H groups in total. The van der Waals surface area contributed by atoms with Gasteiger partial charge in [0, 0.05) is 0 Å². The van der Waals surface area contributed by atoms with Gasteiger partial charge in [-0.25, -0.2) is 4.79 Å². The van der Waals surface area contributed by atoms with E-state index in [0.29, 0.717) is 12.0 Å². The van der Waals surface area contributed by atoms with Crippen LogP contribution in [0.15, 0.2) is 24.3 Å². The molecule has 3 nitrogen and oxygen atoms in total. The van der Waals surface area contributed by atoms with E-state index in [-0.39, 0.29) is 10.4 Å². The van der Waals surface area contributed by atoms with Crippen LogP contribution in [-0.2, 0) is 6.42 Å². The van der Waals surface area contributed by atoms with Gasteiger partial charge in [0.05, 0.1) is 11.6 Å². The summed E-state index contributed by atoms with van der Waals surface area (Å²) in [4.78, 5) is 10.4. The summed E-state index contributed by atoms with van der Waals surface area (Å²) in [5, 5.41) is 17.4. The number of nitriles is 1. The predicted octanol–water partition coefficient (Wildman–Crippen LogP) is 2.21. The number of carbonyl (C=O) groups is 1. The van der Waals surface area contributed by atoms with Crippen LogP contribution in [0.3, 0.4) is 0 Å². The van der Waals surface area contributed by atoms with Crippen molar-refractivity contribution in [1.82, 2.24) is 0 Å². The number of rotatable bonds is 3. The van der Waals surface area contributed by atoms with Crippen LogP contribution in [0.25, 0.3) is 0 Å². The van der Waals surface area contributed by atoms with Gasteiger partial charge in [-0.1, -0.05) is 34.1 Å². The number of benzene rings is 1. The molecule has 14 heavy (non-hydrogen) atoms. The lowest BCUT2D eigenvalue weighted by Gasteiger charge is -2.05. The van der Waals surface area contributed by atoms with Crippen LogP contribution in [-0.4, -0.2) is 15.9 Å². The maximum Gasteiger partial charge on any atom is 0.335 e. The molecule has 0 heterocycles. The van der Waals surface area contributed by atoms with Crippen molar-refractivity contribution < 1.29 is 9.90 Å². The largest absolute Gasteiger partial charge is 0.478 e. The van der Waals surface area contributed by atoms with Gasteiger partial charge in [0.2, 0.25) is 0 Å². The Balaban J connectivity index is 2.97. The van der Waals surface area contributed by atoms with Crippen molar-refractivity contribution in [3.63, 3.8) is 0 Å². The summed E-state index contributed by atoms with van der Waals surface area (Å²) in [5.74, 6) is -0.960. The number of aromatic carboxylic acids is 1. The highest BCUT2D eigenvalue weighted by molar-refractivity contribution is 9.09.